The fourth-order valence-corrected chi connectivity index (χ4v) is 6.78. The summed E-state index contributed by atoms with van der Waals surface area (Å²) in [6, 6.07) is 8.26. The van der Waals surface area contributed by atoms with E-state index in [1.54, 1.807) is 13.0 Å². The van der Waals surface area contributed by atoms with Gasteiger partial charge in [0, 0.05) is 32.1 Å². The molecule has 2 aliphatic rings. The number of benzene rings is 1. The van der Waals surface area contributed by atoms with Crippen LogP contribution in [0.25, 0.3) is 12.2 Å². The van der Waals surface area contributed by atoms with Crippen LogP contribution >= 0.6 is 0 Å². The average Bonchev–Trinajstić information content (AvgIpc) is 3.24. The van der Waals surface area contributed by atoms with Crippen LogP contribution in [0, 0.1) is 19.8 Å². The topological polar surface area (TPSA) is 83.7 Å². The van der Waals surface area contributed by atoms with E-state index < -0.39 is 10.0 Å². The van der Waals surface area contributed by atoms with E-state index in [2.05, 4.69) is 5.16 Å². The highest BCUT2D eigenvalue weighted by Gasteiger charge is 2.37. The molecule has 1 saturated carbocycles. The third-order valence-corrected chi connectivity index (χ3v) is 9.27. The maximum absolute atomic E-state index is 13.5. The minimum atomic E-state index is -3.78. The van der Waals surface area contributed by atoms with Crippen molar-refractivity contribution in [1.29, 1.82) is 0 Å². The van der Waals surface area contributed by atoms with Gasteiger partial charge in [0.25, 0.3) is 0 Å². The summed E-state index contributed by atoms with van der Waals surface area (Å²) in [6.45, 7) is 4.31. The lowest BCUT2D eigenvalue weighted by Gasteiger charge is -2.36. The van der Waals surface area contributed by atoms with Crippen LogP contribution in [0.1, 0.15) is 67.5 Å². The van der Waals surface area contributed by atoms with Gasteiger partial charge in [-0.05, 0) is 51.2 Å². The second kappa shape index (κ2) is 10.4. The number of carbonyl (C=O) groups excluding carboxylic acids is 1. The zero-order chi connectivity index (χ0) is 24.3. The van der Waals surface area contributed by atoms with Crippen LogP contribution < -0.4 is 0 Å². The monoisotopic (exact) mass is 485 g/mol. The molecule has 0 unspecified atom stereocenters. The van der Waals surface area contributed by atoms with Crippen molar-refractivity contribution in [3.8, 4) is 0 Å². The Hall–Kier alpha value is -2.45. The molecule has 4 rings (SSSR count). The standard InChI is InChI=1S/C26H35N3O4S/c1-19-9-11-21(12-10-19)13-14-24-25(20(2)27-33-24)34(31,32)29-17-15-22(16-18-29)26(30)28(3)23-7-5-4-6-8-23/h9-14,22-23H,4-8,15-18H2,1-3H3/b14-13+. The van der Waals surface area contributed by atoms with E-state index in [9.17, 15) is 13.2 Å². The third-order valence-electron chi connectivity index (χ3n) is 7.21. The van der Waals surface area contributed by atoms with Crippen LogP contribution in [0.5, 0.6) is 0 Å². The molecule has 0 atom stereocenters. The maximum atomic E-state index is 13.5. The van der Waals surface area contributed by atoms with Crippen LogP contribution in [-0.4, -0.2) is 54.9 Å². The van der Waals surface area contributed by atoms with Crippen molar-refractivity contribution in [3.63, 3.8) is 0 Å². The Morgan fingerprint density at radius 3 is 2.32 bits per heavy atom. The largest absolute Gasteiger partial charge is 0.355 e. The summed E-state index contributed by atoms with van der Waals surface area (Å²) in [5.74, 6) is 0.267. The van der Waals surface area contributed by atoms with Gasteiger partial charge in [-0.2, -0.15) is 4.31 Å². The lowest BCUT2D eigenvalue weighted by atomic mass is 9.91. The van der Waals surface area contributed by atoms with Crippen molar-refractivity contribution >= 4 is 28.1 Å². The molecule has 2 aromatic rings. The molecule has 1 aromatic heterocycles. The molecule has 1 aromatic carbocycles. The first-order valence-corrected chi connectivity index (χ1v) is 13.7. The Balaban J connectivity index is 1.44. The average molecular weight is 486 g/mol. The molecule has 1 amide bonds. The van der Waals surface area contributed by atoms with Crippen LogP contribution in [0.4, 0.5) is 0 Å². The first-order valence-electron chi connectivity index (χ1n) is 12.2. The number of aromatic nitrogens is 1. The zero-order valence-electron chi connectivity index (χ0n) is 20.4. The number of carbonyl (C=O) groups is 1. The molecule has 2 fully saturated rings. The van der Waals surface area contributed by atoms with Gasteiger partial charge < -0.3 is 9.42 Å². The Bertz CT molecular complexity index is 1120. The second-order valence-corrected chi connectivity index (χ2v) is 11.5. The first kappa shape index (κ1) is 24.7. The van der Waals surface area contributed by atoms with Crippen molar-refractivity contribution in [2.45, 2.75) is 69.7 Å². The highest BCUT2D eigenvalue weighted by atomic mass is 32.2. The SMILES string of the molecule is Cc1ccc(/C=C/c2onc(C)c2S(=O)(=O)N2CCC(C(=O)N(C)C3CCCCC3)CC2)cc1. The Labute approximate surface area is 202 Å². The van der Waals surface area contributed by atoms with Gasteiger partial charge in [0.15, 0.2) is 10.7 Å². The maximum Gasteiger partial charge on any atom is 0.248 e. The van der Waals surface area contributed by atoms with Gasteiger partial charge in [0.1, 0.15) is 5.69 Å². The van der Waals surface area contributed by atoms with Crippen LogP contribution in [0.2, 0.25) is 0 Å². The van der Waals surface area contributed by atoms with E-state index >= 15 is 0 Å². The third kappa shape index (κ3) is 5.28. The van der Waals surface area contributed by atoms with Crippen LogP contribution in [0.3, 0.4) is 0 Å². The molecule has 1 saturated heterocycles. The molecule has 1 aliphatic heterocycles. The molecule has 184 valence electrons. The first-order chi connectivity index (χ1) is 16.3. The van der Waals surface area contributed by atoms with E-state index in [0.717, 1.165) is 24.0 Å². The summed E-state index contributed by atoms with van der Waals surface area (Å²) in [5.41, 5.74) is 2.45. The van der Waals surface area contributed by atoms with Gasteiger partial charge in [0.2, 0.25) is 15.9 Å². The Morgan fingerprint density at radius 1 is 1.03 bits per heavy atom. The summed E-state index contributed by atoms with van der Waals surface area (Å²) >= 11 is 0. The van der Waals surface area contributed by atoms with Gasteiger partial charge in [-0.15, -0.1) is 0 Å². The van der Waals surface area contributed by atoms with Crippen LogP contribution in [0.15, 0.2) is 33.7 Å². The molecule has 0 radical (unpaired) electrons. The van der Waals surface area contributed by atoms with E-state index in [-0.39, 0.29) is 22.5 Å². The van der Waals surface area contributed by atoms with Crippen molar-refractivity contribution < 1.29 is 17.7 Å². The highest BCUT2D eigenvalue weighted by Crippen LogP contribution is 2.31. The lowest BCUT2D eigenvalue weighted by molar-refractivity contribution is -0.138. The molecule has 34 heavy (non-hydrogen) atoms. The molecular weight excluding hydrogens is 450 g/mol. The highest BCUT2D eigenvalue weighted by molar-refractivity contribution is 7.89. The van der Waals surface area contributed by atoms with Crippen molar-refractivity contribution in [1.82, 2.24) is 14.4 Å². The van der Waals surface area contributed by atoms with E-state index in [0.29, 0.717) is 37.7 Å². The zero-order valence-corrected chi connectivity index (χ0v) is 21.2. The molecule has 1 aliphatic carbocycles. The summed E-state index contributed by atoms with van der Waals surface area (Å²) in [7, 11) is -1.87. The summed E-state index contributed by atoms with van der Waals surface area (Å²) in [6.07, 6.45) is 10.3. The molecule has 2 heterocycles. The van der Waals surface area contributed by atoms with Gasteiger partial charge in [0.05, 0.1) is 0 Å². The number of aryl methyl sites for hydroxylation is 2. The predicted octanol–water partition coefficient (Wildman–Crippen LogP) is 4.65. The quantitative estimate of drug-likeness (QED) is 0.595. The van der Waals surface area contributed by atoms with Crippen molar-refractivity contribution in [2.75, 3.05) is 20.1 Å². The predicted molar refractivity (Wildman–Crippen MR) is 132 cm³/mol. The minimum absolute atomic E-state index is 0.111. The second-order valence-electron chi connectivity index (χ2n) is 9.62. The van der Waals surface area contributed by atoms with Crippen molar-refractivity contribution in [3.05, 3.63) is 46.8 Å². The number of piperidine rings is 1. The van der Waals surface area contributed by atoms with Crippen LogP contribution in [-0.2, 0) is 14.8 Å². The number of amides is 1. The number of hydrogen-bond donors (Lipinski definition) is 0. The molecule has 0 spiro atoms. The molecule has 7 nitrogen and oxygen atoms in total. The normalized spacial score (nSPS) is 19.0. The minimum Gasteiger partial charge on any atom is -0.355 e. The van der Waals surface area contributed by atoms with E-state index in [4.69, 9.17) is 4.52 Å². The van der Waals surface area contributed by atoms with Gasteiger partial charge in [-0.25, -0.2) is 8.42 Å². The number of hydrogen-bond acceptors (Lipinski definition) is 5. The smallest absolute Gasteiger partial charge is 0.248 e. The summed E-state index contributed by atoms with van der Waals surface area (Å²) in [4.78, 5) is 15.1. The van der Waals surface area contributed by atoms with E-state index in [1.165, 1.54) is 23.6 Å². The van der Waals surface area contributed by atoms with Crippen molar-refractivity contribution in [2.24, 2.45) is 5.92 Å². The molecule has 0 bridgehead atoms. The Morgan fingerprint density at radius 2 is 1.68 bits per heavy atom. The Kier molecular flexibility index (Phi) is 7.57. The lowest BCUT2D eigenvalue weighted by Crippen LogP contribution is -2.46. The van der Waals surface area contributed by atoms with Gasteiger partial charge >= 0.3 is 0 Å². The fraction of sp³-hybridized carbons (Fsp3) is 0.538. The number of nitrogens with zero attached hydrogens (tertiary/aromatic N) is 3. The number of sulfonamides is 1. The summed E-state index contributed by atoms with van der Waals surface area (Å²) in [5, 5.41) is 3.93. The van der Waals surface area contributed by atoms with E-state index in [1.807, 2.05) is 49.2 Å². The number of rotatable bonds is 6. The molecule has 8 heteroatoms. The molecular formula is C26H35N3O4S. The molecule has 0 N–H and O–H groups in total. The summed E-state index contributed by atoms with van der Waals surface area (Å²) < 4.78 is 33.8. The fourth-order valence-electron chi connectivity index (χ4n) is 5.06. The van der Waals surface area contributed by atoms with Gasteiger partial charge in [-0.1, -0.05) is 60.3 Å². The van der Waals surface area contributed by atoms with Gasteiger partial charge in [-0.3, -0.25) is 4.79 Å².